The van der Waals surface area contributed by atoms with E-state index in [2.05, 4.69) is 44.8 Å². The average molecular weight is 238 g/mol. The Morgan fingerprint density at radius 3 is 2.53 bits per heavy atom. The molecule has 2 rings (SSSR count). The van der Waals surface area contributed by atoms with E-state index in [-0.39, 0.29) is 0 Å². The van der Waals surface area contributed by atoms with Crippen LogP contribution in [0.25, 0.3) is 0 Å². The van der Waals surface area contributed by atoms with Crippen LogP contribution in [-0.2, 0) is 0 Å². The molecule has 0 aromatic carbocycles. The van der Waals surface area contributed by atoms with Gasteiger partial charge in [-0.15, -0.1) is 0 Å². The van der Waals surface area contributed by atoms with Gasteiger partial charge in [0.2, 0.25) is 0 Å². The Labute approximate surface area is 107 Å². The van der Waals surface area contributed by atoms with Gasteiger partial charge in [-0.3, -0.25) is 4.90 Å². The molecule has 0 aromatic heterocycles. The van der Waals surface area contributed by atoms with E-state index in [1.807, 2.05) is 0 Å². The number of piperazine rings is 1. The maximum atomic E-state index is 3.78. The van der Waals surface area contributed by atoms with Crippen molar-refractivity contribution < 1.29 is 0 Å². The summed E-state index contributed by atoms with van der Waals surface area (Å²) in [5, 5.41) is 3.78. The molecule has 0 amide bonds. The number of nitrogens with zero attached hydrogens (tertiary/aromatic N) is 1. The molecule has 4 unspecified atom stereocenters. The summed E-state index contributed by atoms with van der Waals surface area (Å²) in [5.41, 5.74) is 0.340. The zero-order valence-electron chi connectivity index (χ0n) is 12.3. The lowest BCUT2D eigenvalue weighted by Crippen LogP contribution is -2.64. The third-order valence-corrected chi connectivity index (χ3v) is 5.08. The molecule has 17 heavy (non-hydrogen) atoms. The molecule has 2 nitrogen and oxygen atoms in total. The van der Waals surface area contributed by atoms with Crippen LogP contribution in [0.3, 0.4) is 0 Å². The lowest BCUT2D eigenvalue weighted by molar-refractivity contribution is 0.0491. The van der Waals surface area contributed by atoms with Crippen molar-refractivity contribution in [1.82, 2.24) is 10.2 Å². The summed E-state index contributed by atoms with van der Waals surface area (Å²) in [5.74, 6) is 1.75. The Bertz CT molecular complexity index is 264. The third-order valence-electron chi connectivity index (χ3n) is 5.08. The number of hydrogen-bond donors (Lipinski definition) is 1. The van der Waals surface area contributed by atoms with Crippen molar-refractivity contribution in [3.63, 3.8) is 0 Å². The van der Waals surface area contributed by atoms with Gasteiger partial charge in [-0.25, -0.2) is 0 Å². The summed E-state index contributed by atoms with van der Waals surface area (Å²) < 4.78 is 0. The first kappa shape index (κ1) is 13.4. The van der Waals surface area contributed by atoms with E-state index in [9.17, 15) is 0 Å². The Kier molecular flexibility index (Phi) is 3.84. The topological polar surface area (TPSA) is 15.3 Å². The summed E-state index contributed by atoms with van der Waals surface area (Å²) in [6.45, 7) is 14.2. The molecule has 0 radical (unpaired) electrons. The molecule has 0 bridgehead atoms. The highest BCUT2D eigenvalue weighted by atomic mass is 15.3. The Morgan fingerprint density at radius 2 is 2.06 bits per heavy atom. The lowest BCUT2D eigenvalue weighted by atomic mass is 9.89. The molecule has 1 saturated heterocycles. The van der Waals surface area contributed by atoms with Gasteiger partial charge in [-0.2, -0.15) is 0 Å². The fraction of sp³-hybridized carbons (Fsp3) is 1.00. The molecule has 100 valence electrons. The van der Waals surface area contributed by atoms with E-state index in [0.717, 1.165) is 23.9 Å². The van der Waals surface area contributed by atoms with Gasteiger partial charge in [-0.1, -0.05) is 34.1 Å². The van der Waals surface area contributed by atoms with Crippen LogP contribution in [-0.4, -0.2) is 35.6 Å². The van der Waals surface area contributed by atoms with Crippen molar-refractivity contribution in [2.45, 2.75) is 71.5 Å². The second-order valence-corrected chi connectivity index (χ2v) is 6.75. The van der Waals surface area contributed by atoms with Crippen LogP contribution in [0, 0.1) is 11.8 Å². The molecule has 2 aliphatic rings. The van der Waals surface area contributed by atoms with E-state index in [4.69, 9.17) is 0 Å². The second kappa shape index (κ2) is 4.89. The van der Waals surface area contributed by atoms with Gasteiger partial charge in [0, 0.05) is 30.7 Å². The summed E-state index contributed by atoms with van der Waals surface area (Å²) in [6.07, 6.45) is 4.04. The Hall–Kier alpha value is -0.0800. The molecule has 2 heteroatoms. The van der Waals surface area contributed by atoms with Crippen molar-refractivity contribution in [1.29, 1.82) is 0 Å². The standard InChI is InChI=1S/C15H30N2/c1-6-12-8-13(12)17-10-15(5,7-2)16-9-14(17)11(3)4/h11-14,16H,6-10H2,1-5H3. The van der Waals surface area contributed by atoms with Crippen LogP contribution in [0.5, 0.6) is 0 Å². The molecule has 4 atom stereocenters. The average Bonchev–Trinajstić information content (AvgIpc) is 3.07. The fourth-order valence-electron chi connectivity index (χ4n) is 3.34. The first-order chi connectivity index (χ1) is 8.00. The van der Waals surface area contributed by atoms with E-state index in [1.54, 1.807) is 0 Å². The molecule has 2 fully saturated rings. The second-order valence-electron chi connectivity index (χ2n) is 6.75. The van der Waals surface area contributed by atoms with Crippen molar-refractivity contribution in [2.75, 3.05) is 13.1 Å². The van der Waals surface area contributed by atoms with E-state index in [1.165, 1.54) is 32.4 Å². The summed E-state index contributed by atoms with van der Waals surface area (Å²) in [6, 6.07) is 1.64. The number of nitrogens with one attached hydrogen (secondary N) is 1. The van der Waals surface area contributed by atoms with Crippen molar-refractivity contribution in [2.24, 2.45) is 11.8 Å². The van der Waals surface area contributed by atoms with Crippen LogP contribution >= 0.6 is 0 Å². The van der Waals surface area contributed by atoms with Gasteiger partial charge >= 0.3 is 0 Å². The normalized spacial score (nSPS) is 43.1. The van der Waals surface area contributed by atoms with Crippen LogP contribution in [0.1, 0.15) is 53.9 Å². The maximum Gasteiger partial charge on any atom is 0.0278 e. The smallest absolute Gasteiger partial charge is 0.0278 e. The molecule has 1 saturated carbocycles. The minimum Gasteiger partial charge on any atom is -0.309 e. The SMILES string of the molecule is CCC1CC1N1CC(C)(CC)NCC1C(C)C. The third kappa shape index (κ3) is 2.68. The lowest BCUT2D eigenvalue weighted by Gasteiger charge is -2.48. The predicted octanol–water partition coefficient (Wildman–Crippen LogP) is 2.88. The van der Waals surface area contributed by atoms with E-state index >= 15 is 0 Å². The number of rotatable bonds is 4. The maximum absolute atomic E-state index is 3.78. The summed E-state index contributed by atoms with van der Waals surface area (Å²) >= 11 is 0. The number of hydrogen-bond acceptors (Lipinski definition) is 2. The van der Waals surface area contributed by atoms with Gasteiger partial charge in [0.05, 0.1) is 0 Å². The molecular weight excluding hydrogens is 208 g/mol. The zero-order chi connectivity index (χ0) is 12.6. The molecule has 1 aliphatic carbocycles. The largest absolute Gasteiger partial charge is 0.309 e. The van der Waals surface area contributed by atoms with E-state index < -0.39 is 0 Å². The van der Waals surface area contributed by atoms with Crippen molar-refractivity contribution >= 4 is 0 Å². The van der Waals surface area contributed by atoms with Crippen molar-refractivity contribution in [3.05, 3.63) is 0 Å². The summed E-state index contributed by atoms with van der Waals surface area (Å²) in [7, 11) is 0. The van der Waals surface area contributed by atoms with Gasteiger partial charge in [-0.05, 0) is 31.6 Å². The molecule has 1 aliphatic heterocycles. The van der Waals surface area contributed by atoms with Gasteiger partial charge < -0.3 is 5.32 Å². The van der Waals surface area contributed by atoms with Gasteiger partial charge in [0.1, 0.15) is 0 Å². The van der Waals surface area contributed by atoms with Crippen LogP contribution < -0.4 is 5.32 Å². The first-order valence-corrected chi connectivity index (χ1v) is 7.51. The highest BCUT2D eigenvalue weighted by Gasteiger charge is 2.47. The molecular formula is C15H30N2. The zero-order valence-corrected chi connectivity index (χ0v) is 12.3. The first-order valence-electron chi connectivity index (χ1n) is 7.51. The minimum absolute atomic E-state index is 0.340. The Morgan fingerprint density at radius 1 is 1.35 bits per heavy atom. The Balaban J connectivity index is 2.06. The molecule has 0 aromatic rings. The van der Waals surface area contributed by atoms with Gasteiger partial charge in [0.25, 0.3) is 0 Å². The highest BCUT2D eigenvalue weighted by molar-refractivity contribution is 5.04. The molecule has 0 spiro atoms. The van der Waals surface area contributed by atoms with Crippen LogP contribution in [0.15, 0.2) is 0 Å². The molecule has 1 heterocycles. The highest BCUT2D eigenvalue weighted by Crippen LogP contribution is 2.42. The van der Waals surface area contributed by atoms with Crippen LogP contribution in [0.2, 0.25) is 0 Å². The summed E-state index contributed by atoms with van der Waals surface area (Å²) in [4.78, 5) is 2.83. The van der Waals surface area contributed by atoms with Gasteiger partial charge in [0.15, 0.2) is 0 Å². The fourth-order valence-corrected chi connectivity index (χ4v) is 3.34. The quantitative estimate of drug-likeness (QED) is 0.810. The van der Waals surface area contributed by atoms with Crippen LogP contribution in [0.4, 0.5) is 0 Å². The predicted molar refractivity (Wildman–Crippen MR) is 74.2 cm³/mol. The monoisotopic (exact) mass is 238 g/mol. The molecule has 1 N–H and O–H groups in total. The van der Waals surface area contributed by atoms with Crippen molar-refractivity contribution in [3.8, 4) is 0 Å². The van der Waals surface area contributed by atoms with E-state index in [0.29, 0.717) is 5.54 Å². The minimum atomic E-state index is 0.340.